The molecule has 0 radical (unpaired) electrons. The normalized spacial score (nSPS) is 19.2. The summed E-state index contributed by atoms with van der Waals surface area (Å²) >= 11 is 0. The van der Waals surface area contributed by atoms with Gasteiger partial charge in [0.25, 0.3) is 6.01 Å². The molecular formula is C14H16N2O3. The summed E-state index contributed by atoms with van der Waals surface area (Å²) < 4.78 is 5.72. The van der Waals surface area contributed by atoms with E-state index < -0.39 is 5.97 Å². The van der Waals surface area contributed by atoms with Crippen molar-refractivity contribution in [2.75, 3.05) is 18.0 Å². The van der Waals surface area contributed by atoms with Crippen LogP contribution in [-0.4, -0.2) is 29.1 Å². The smallest absolute Gasteiger partial charge is 0.303 e. The van der Waals surface area contributed by atoms with Gasteiger partial charge in [-0.3, -0.25) is 4.79 Å². The van der Waals surface area contributed by atoms with Gasteiger partial charge in [0.05, 0.1) is 0 Å². The molecule has 1 aromatic heterocycles. The molecule has 0 aliphatic carbocycles. The van der Waals surface area contributed by atoms with Gasteiger partial charge in [-0.2, -0.15) is 4.98 Å². The lowest BCUT2D eigenvalue weighted by Crippen LogP contribution is -2.20. The molecule has 0 amide bonds. The second-order valence-corrected chi connectivity index (χ2v) is 5.00. The highest BCUT2D eigenvalue weighted by Crippen LogP contribution is 2.28. The van der Waals surface area contributed by atoms with Crippen LogP contribution in [0.3, 0.4) is 0 Å². The second kappa shape index (κ2) is 4.91. The van der Waals surface area contributed by atoms with Gasteiger partial charge < -0.3 is 14.4 Å². The monoisotopic (exact) mass is 260 g/mol. The standard InChI is InChI=1S/C14H16N2O3/c17-13(18)6-5-10-7-8-16(9-10)14-15-11-3-1-2-4-12(11)19-14/h1-4,10H,5-9H2,(H,17,18). The molecule has 1 N–H and O–H groups in total. The summed E-state index contributed by atoms with van der Waals surface area (Å²) in [5.74, 6) is -0.300. The molecule has 0 bridgehead atoms. The van der Waals surface area contributed by atoms with Gasteiger partial charge in [0.15, 0.2) is 5.58 Å². The van der Waals surface area contributed by atoms with Gasteiger partial charge in [0, 0.05) is 19.5 Å². The van der Waals surface area contributed by atoms with E-state index in [-0.39, 0.29) is 6.42 Å². The predicted octanol–water partition coefficient (Wildman–Crippen LogP) is 2.52. The highest BCUT2D eigenvalue weighted by Gasteiger charge is 2.26. The molecule has 0 spiro atoms. The lowest BCUT2D eigenvalue weighted by atomic mass is 10.0. The molecule has 2 aromatic rings. The van der Waals surface area contributed by atoms with Gasteiger partial charge in [0.2, 0.25) is 0 Å². The number of rotatable bonds is 4. The summed E-state index contributed by atoms with van der Waals surface area (Å²) in [5, 5.41) is 8.71. The zero-order valence-electron chi connectivity index (χ0n) is 10.6. The number of carboxylic acid groups (broad SMARTS) is 1. The van der Waals surface area contributed by atoms with E-state index in [2.05, 4.69) is 9.88 Å². The van der Waals surface area contributed by atoms with Crippen LogP contribution in [-0.2, 0) is 4.79 Å². The third-order valence-electron chi connectivity index (χ3n) is 3.61. The Morgan fingerprint density at radius 1 is 1.47 bits per heavy atom. The molecule has 3 rings (SSSR count). The number of fused-ring (bicyclic) bond motifs is 1. The van der Waals surface area contributed by atoms with Crippen molar-refractivity contribution >= 4 is 23.1 Å². The van der Waals surface area contributed by atoms with Gasteiger partial charge in [-0.05, 0) is 30.9 Å². The van der Waals surface area contributed by atoms with Gasteiger partial charge in [-0.25, -0.2) is 0 Å². The van der Waals surface area contributed by atoms with Crippen LogP contribution in [0.25, 0.3) is 11.1 Å². The summed E-state index contributed by atoms with van der Waals surface area (Å²) in [7, 11) is 0. The Labute approximate surface area is 110 Å². The number of aliphatic carboxylic acids is 1. The van der Waals surface area contributed by atoms with E-state index in [1.165, 1.54) is 0 Å². The fraction of sp³-hybridized carbons (Fsp3) is 0.429. The van der Waals surface area contributed by atoms with Crippen LogP contribution >= 0.6 is 0 Å². The van der Waals surface area contributed by atoms with E-state index in [0.29, 0.717) is 11.9 Å². The third-order valence-corrected chi connectivity index (χ3v) is 3.61. The van der Waals surface area contributed by atoms with Crippen molar-refractivity contribution in [2.45, 2.75) is 19.3 Å². The van der Waals surface area contributed by atoms with Gasteiger partial charge in [-0.1, -0.05) is 12.1 Å². The minimum Gasteiger partial charge on any atom is -0.481 e. The number of oxazole rings is 1. The van der Waals surface area contributed by atoms with Crippen LogP contribution in [0.2, 0.25) is 0 Å². The lowest BCUT2D eigenvalue weighted by molar-refractivity contribution is -0.137. The molecule has 1 saturated heterocycles. The molecule has 2 heterocycles. The summed E-state index contributed by atoms with van der Waals surface area (Å²) in [6, 6.07) is 8.36. The average Bonchev–Trinajstić information content (AvgIpc) is 3.02. The molecule has 1 aromatic carbocycles. The van der Waals surface area contributed by atoms with Crippen LogP contribution in [0, 0.1) is 5.92 Å². The summed E-state index contributed by atoms with van der Waals surface area (Å²) in [4.78, 5) is 17.2. The van der Waals surface area contributed by atoms with E-state index >= 15 is 0 Å². The quantitative estimate of drug-likeness (QED) is 0.915. The number of benzene rings is 1. The Morgan fingerprint density at radius 2 is 2.32 bits per heavy atom. The highest BCUT2D eigenvalue weighted by atomic mass is 16.4. The van der Waals surface area contributed by atoms with E-state index in [4.69, 9.17) is 9.52 Å². The van der Waals surface area contributed by atoms with Gasteiger partial charge in [0.1, 0.15) is 5.52 Å². The van der Waals surface area contributed by atoms with E-state index in [1.807, 2.05) is 24.3 Å². The van der Waals surface area contributed by atoms with Crippen LogP contribution in [0.15, 0.2) is 28.7 Å². The molecule has 1 unspecified atom stereocenters. The maximum absolute atomic E-state index is 10.6. The third kappa shape index (κ3) is 2.54. The summed E-state index contributed by atoms with van der Waals surface area (Å²) in [6.07, 6.45) is 1.98. The summed E-state index contributed by atoms with van der Waals surface area (Å²) in [6.45, 7) is 1.72. The van der Waals surface area contributed by atoms with Crippen LogP contribution in [0.1, 0.15) is 19.3 Å². The predicted molar refractivity (Wildman–Crippen MR) is 71.2 cm³/mol. The Hall–Kier alpha value is -2.04. The minimum absolute atomic E-state index is 0.242. The topological polar surface area (TPSA) is 66.6 Å². The molecule has 19 heavy (non-hydrogen) atoms. The Bertz CT molecular complexity index is 560. The number of carbonyl (C=O) groups is 1. The molecule has 1 aliphatic rings. The van der Waals surface area contributed by atoms with Crippen molar-refractivity contribution in [3.63, 3.8) is 0 Å². The number of carboxylic acids is 1. The first-order chi connectivity index (χ1) is 9.22. The number of hydrogen-bond acceptors (Lipinski definition) is 4. The van der Waals surface area contributed by atoms with Crippen LogP contribution in [0.5, 0.6) is 0 Å². The number of hydrogen-bond donors (Lipinski definition) is 1. The maximum atomic E-state index is 10.6. The first kappa shape index (κ1) is 12.0. The second-order valence-electron chi connectivity index (χ2n) is 5.00. The van der Waals surface area contributed by atoms with Crippen molar-refractivity contribution in [1.29, 1.82) is 0 Å². The average molecular weight is 260 g/mol. The van der Waals surface area contributed by atoms with Crippen molar-refractivity contribution < 1.29 is 14.3 Å². The highest BCUT2D eigenvalue weighted by molar-refractivity contribution is 5.74. The number of anilines is 1. The van der Waals surface area contributed by atoms with Crippen molar-refractivity contribution in [3.8, 4) is 0 Å². The zero-order valence-corrected chi connectivity index (χ0v) is 10.6. The molecule has 5 nitrogen and oxygen atoms in total. The van der Waals surface area contributed by atoms with Gasteiger partial charge in [-0.15, -0.1) is 0 Å². The molecule has 100 valence electrons. The maximum Gasteiger partial charge on any atom is 0.303 e. The molecular weight excluding hydrogens is 244 g/mol. The fourth-order valence-corrected chi connectivity index (χ4v) is 2.56. The Morgan fingerprint density at radius 3 is 3.11 bits per heavy atom. The van der Waals surface area contributed by atoms with Crippen LogP contribution in [0.4, 0.5) is 6.01 Å². The molecule has 1 fully saturated rings. The molecule has 1 atom stereocenters. The van der Waals surface area contributed by atoms with Crippen molar-refractivity contribution in [1.82, 2.24) is 4.98 Å². The number of aromatic nitrogens is 1. The minimum atomic E-state index is -0.722. The Balaban J connectivity index is 1.68. The largest absolute Gasteiger partial charge is 0.481 e. The summed E-state index contributed by atoms with van der Waals surface area (Å²) in [5.41, 5.74) is 1.66. The zero-order chi connectivity index (χ0) is 13.2. The first-order valence-electron chi connectivity index (χ1n) is 6.54. The SMILES string of the molecule is O=C(O)CCC1CCN(c2nc3ccccc3o2)C1. The van der Waals surface area contributed by atoms with E-state index in [9.17, 15) is 4.79 Å². The van der Waals surface area contributed by atoms with Gasteiger partial charge >= 0.3 is 5.97 Å². The first-order valence-corrected chi connectivity index (χ1v) is 6.54. The molecule has 0 saturated carbocycles. The number of nitrogens with zero attached hydrogens (tertiary/aromatic N) is 2. The van der Waals surface area contributed by atoms with Crippen molar-refractivity contribution in [2.24, 2.45) is 5.92 Å². The van der Waals surface area contributed by atoms with E-state index in [1.54, 1.807) is 0 Å². The Kier molecular flexibility index (Phi) is 3.11. The van der Waals surface area contributed by atoms with Crippen LogP contribution < -0.4 is 4.90 Å². The fourth-order valence-electron chi connectivity index (χ4n) is 2.56. The molecule has 5 heteroatoms. The lowest BCUT2D eigenvalue weighted by Gasteiger charge is -2.12. The molecule has 1 aliphatic heterocycles. The number of para-hydroxylation sites is 2. The van der Waals surface area contributed by atoms with E-state index in [0.717, 1.165) is 37.0 Å². The van der Waals surface area contributed by atoms with Crippen molar-refractivity contribution in [3.05, 3.63) is 24.3 Å².